The number of hydrogen-bond donors (Lipinski definition) is 2. The van der Waals surface area contributed by atoms with Gasteiger partial charge in [0.1, 0.15) is 5.82 Å². The first-order valence-electron chi connectivity index (χ1n) is 9.98. The Bertz CT molecular complexity index is 706. The first-order valence-corrected chi connectivity index (χ1v) is 9.98. The minimum Gasteiger partial charge on any atom is -0.291 e. The van der Waals surface area contributed by atoms with E-state index in [1.54, 1.807) is 11.5 Å². The van der Waals surface area contributed by atoms with E-state index in [-0.39, 0.29) is 17.4 Å². The fourth-order valence-corrected chi connectivity index (χ4v) is 6.00. The maximum absolute atomic E-state index is 14.8. The molecule has 1 aromatic rings. The molecule has 4 nitrogen and oxygen atoms in total. The second kappa shape index (κ2) is 6.61. The maximum atomic E-state index is 14.8. The van der Waals surface area contributed by atoms with E-state index >= 15 is 0 Å². The van der Waals surface area contributed by atoms with E-state index in [0.29, 0.717) is 17.5 Å². The zero-order chi connectivity index (χ0) is 18.5. The fourth-order valence-electron chi connectivity index (χ4n) is 6.00. The highest BCUT2D eigenvalue weighted by molar-refractivity contribution is 5.93. The number of halogens is 1. The summed E-state index contributed by atoms with van der Waals surface area (Å²) in [5, 5.41) is 8.83. The monoisotopic (exact) mass is 360 g/mol. The van der Waals surface area contributed by atoms with E-state index in [1.807, 2.05) is 0 Å². The molecule has 1 spiro atoms. The van der Waals surface area contributed by atoms with Crippen LogP contribution in [-0.2, 0) is 6.42 Å². The third-order valence-electron chi connectivity index (χ3n) is 7.14. The molecule has 2 N–H and O–H groups in total. The third-order valence-corrected chi connectivity index (χ3v) is 7.14. The van der Waals surface area contributed by atoms with Crippen molar-refractivity contribution in [3.05, 3.63) is 34.6 Å². The van der Waals surface area contributed by atoms with Crippen LogP contribution in [0.15, 0.2) is 12.1 Å². The van der Waals surface area contributed by atoms with Gasteiger partial charge in [0.05, 0.1) is 0 Å². The topological polar surface area (TPSA) is 52.6 Å². The number of benzene rings is 1. The van der Waals surface area contributed by atoms with Crippen LogP contribution >= 0.6 is 0 Å². The molecule has 1 amide bonds. The molecular formula is C21H29FN2O2. The van der Waals surface area contributed by atoms with Gasteiger partial charge in [0, 0.05) is 29.3 Å². The van der Waals surface area contributed by atoms with Crippen molar-refractivity contribution in [1.82, 2.24) is 10.4 Å². The van der Waals surface area contributed by atoms with E-state index in [0.717, 1.165) is 17.5 Å². The molecule has 1 aliphatic heterocycles. The normalized spacial score (nSPS) is 28.5. The lowest BCUT2D eigenvalue weighted by molar-refractivity contribution is -0.0616. The van der Waals surface area contributed by atoms with E-state index in [4.69, 9.17) is 5.21 Å². The Kier molecular flexibility index (Phi) is 4.56. The average molecular weight is 360 g/mol. The van der Waals surface area contributed by atoms with Crippen LogP contribution in [0.5, 0.6) is 0 Å². The lowest BCUT2D eigenvalue weighted by Gasteiger charge is -2.57. The molecule has 5 heteroatoms. The van der Waals surface area contributed by atoms with Crippen molar-refractivity contribution in [3.8, 4) is 0 Å². The fraction of sp³-hybridized carbons (Fsp3) is 0.667. The summed E-state index contributed by atoms with van der Waals surface area (Å²) in [5.41, 5.74) is 3.96. The maximum Gasteiger partial charge on any atom is 0.274 e. The van der Waals surface area contributed by atoms with Crippen LogP contribution in [-0.4, -0.2) is 28.1 Å². The molecule has 0 radical (unpaired) electrons. The second-order valence-corrected chi connectivity index (χ2v) is 8.77. The van der Waals surface area contributed by atoms with E-state index in [2.05, 4.69) is 18.7 Å². The highest BCUT2D eigenvalue weighted by atomic mass is 19.1. The minimum absolute atomic E-state index is 0.0194. The number of carbonyl (C=O) groups excluding carboxylic acids is 1. The Morgan fingerprint density at radius 1 is 1.23 bits per heavy atom. The summed E-state index contributed by atoms with van der Waals surface area (Å²) in [6, 6.07) is 3.88. The summed E-state index contributed by atoms with van der Waals surface area (Å²) in [5.74, 6) is -0.995. The molecule has 142 valence electrons. The number of hydrogen-bond acceptors (Lipinski definition) is 3. The SMILES string of the molecule is C[C@@H]1Cc2cc(C(=O)NO)cc(F)c2[C@@H](C)N1C1CC2(CCCCC2)C1. The van der Waals surface area contributed by atoms with E-state index in [9.17, 15) is 9.18 Å². The van der Waals surface area contributed by atoms with Crippen molar-refractivity contribution in [2.24, 2.45) is 5.41 Å². The summed E-state index contributed by atoms with van der Waals surface area (Å²) in [4.78, 5) is 14.2. The molecule has 2 saturated carbocycles. The van der Waals surface area contributed by atoms with Gasteiger partial charge >= 0.3 is 0 Å². The molecule has 2 fully saturated rings. The molecule has 2 aliphatic carbocycles. The van der Waals surface area contributed by atoms with Gasteiger partial charge in [0.15, 0.2) is 0 Å². The number of hydroxylamine groups is 1. The van der Waals surface area contributed by atoms with E-state index < -0.39 is 5.91 Å². The van der Waals surface area contributed by atoms with Crippen molar-refractivity contribution in [3.63, 3.8) is 0 Å². The molecule has 0 bridgehead atoms. The van der Waals surface area contributed by atoms with Gasteiger partial charge in [0.25, 0.3) is 5.91 Å². The second-order valence-electron chi connectivity index (χ2n) is 8.77. The molecule has 1 heterocycles. The number of nitrogens with one attached hydrogen (secondary N) is 1. The third kappa shape index (κ3) is 2.85. The minimum atomic E-state index is -0.660. The number of amides is 1. The molecule has 0 aromatic heterocycles. The molecule has 0 unspecified atom stereocenters. The Morgan fingerprint density at radius 3 is 2.58 bits per heavy atom. The standard InChI is InChI=1S/C21H29FN2O2/c1-13-8-15-9-16(20(25)23-26)10-18(22)19(15)14(2)24(13)17-11-21(12-17)6-4-3-5-7-21/h9-10,13-14,17,26H,3-8,11-12H2,1-2H3,(H,23,25)/t13-,14-/m1/s1. The van der Waals surface area contributed by atoms with Crippen molar-refractivity contribution in [2.75, 3.05) is 0 Å². The van der Waals surface area contributed by atoms with Crippen LogP contribution in [0.3, 0.4) is 0 Å². The quantitative estimate of drug-likeness (QED) is 0.608. The molecule has 2 atom stereocenters. The zero-order valence-electron chi connectivity index (χ0n) is 15.7. The summed E-state index contributed by atoms with van der Waals surface area (Å²) < 4.78 is 14.8. The summed E-state index contributed by atoms with van der Waals surface area (Å²) in [6.45, 7) is 4.30. The zero-order valence-corrected chi connectivity index (χ0v) is 15.7. The van der Waals surface area contributed by atoms with Crippen molar-refractivity contribution in [1.29, 1.82) is 0 Å². The molecule has 1 aromatic carbocycles. The highest BCUT2D eigenvalue weighted by Gasteiger charge is 2.49. The number of fused-ring (bicyclic) bond motifs is 1. The Balaban J connectivity index is 1.57. The van der Waals surface area contributed by atoms with Gasteiger partial charge in [-0.25, -0.2) is 9.87 Å². The first-order chi connectivity index (χ1) is 12.4. The van der Waals surface area contributed by atoms with Gasteiger partial charge in [-0.05, 0) is 69.1 Å². The predicted molar refractivity (Wildman–Crippen MR) is 97.6 cm³/mol. The van der Waals surface area contributed by atoms with Crippen molar-refractivity contribution in [2.45, 2.75) is 83.3 Å². The van der Waals surface area contributed by atoms with Crippen LogP contribution < -0.4 is 5.48 Å². The lowest BCUT2D eigenvalue weighted by Crippen LogP contribution is -2.56. The molecule has 26 heavy (non-hydrogen) atoms. The number of nitrogens with zero attached hydrogens (tertiary/aromatic N) is 1. The van der Waals surface area contributed by atoms with E-state index in [1.165, 1.54) is 51.0 Å². The predicted octanol–water partition coefficient (Wildman–Crippen LogP) is 4.37. The van der Waals surface area contributed by atoms with Gasteiger partial charge in [-0.1, -0.05) is 19.3 Å². The largest absolute Gasteiger partial charge is 0.291 e. The summed E-state index contributed by atoms with van der Waals surface area (Å²) in [6.07, 6.45) is 10.1. The van der Waals surface area contributed by atoms with Gasteiger partial charge in [0.2, 0.25) is 0 Å². The summed E-state index contributed by atoms with van der Waals surface area (Å²) >= 11 is 0. The Labute approximate surface area is 154 Å². The molecular weight excluding hydrogens is 331 g/mol. The van der Waals surface area contributed by atoms with Crippen LogP contribution in [0.4, 0.5) is 4.39 Å². The Hall–Kier alpha value is -1.46. The van der Waals surface area contributed by atoms with Crippen LogP contribution in [0.25, 0.3) is 0 Å². The van der Waals surface area contributed by atoms with Crippen molar-refractivity contribution < 1.29 is 14.4 Å². The number of carbonyl (C=O) groups is 1. The molecule has 3 aliphatic rings. The summed E-state index contributed by atoms with van der Waals surface area (Å²) in [7, 11) is 0. The van der Waals surface area contributed by atoms with Crippen LogP contribution in [0.2, 0.25) is 0 Å². The van der Waals surface area contributed by atoms with Crippen LogP contribution in [0, 0.1) is 11.2 Å². The van der Waals surface area contributed by atoms with Crippen LogP contribution in [0.1, 0.15) is 86.3 Å². The van der Waals surface area contributed by atoms with Gasteiger partial charge in [-0.2, -0.15) is 0 Å². The van der Waals surface area contributed by atoms with Gasteiger partial charge in [-0.3, -0.25) is 14.9 Å². The average Bonchev–Trinajstić information content (AvgIpc) is 2.59. The molecule has 0 saturated heterocycles. The van der Waals surface area contributed by atoms with Gasteiger partial charge < -0.3 is 0 Å². The smallest absolute Gasteiger partial charge is 0.274 e. The molecule has 4 rings (SSSR count). The van der Waals surface area contributed by atoms with Crippen molar-refractivity contribution >= 4 is 5.91 Å². The highest BCUT2D eigenvalue weighted by Crippen LogP contribution is 2.55. The first kappa shape index (κ1) is 17.9. The number of rotatable bonds is 2. The van der Waals surface area contributed by atoms with Gasteiger partial charge in [-0.15, -0.1) is 0 Å². The Morgan fingerprint density at radius 2 is 1.92 bits per heavy atom. The lowest BCUT2D eigenvalue weighted by atomic mass is 9.57.